The second kappa shape index (κ2) is 8.40. The van der Waals surface area contributed by atoms with Gasteiger partial charge in [-0.3, -0.25) is 4.90 Å². The molecular formula is C17H28N2O. The highest BCUT2D eigenvalue weighted by molar-refractivity contribution is 5.19. The molecule has 0 aliphatic carbocycles. The summed E-state index contributed by atoms with van der Waals surface area (Å²) in [7, 11) is 1.78. The van der Waals surface area contributed by atoms with Gasteiger partial charge in [0.05, 0.1) is 0 Å². The molecule has 112 valence electrons. The van der Waals surface area contributed by atoms with Crippen LogP contribution in [0.25, 0.3) is 0 Å². The summed E-state index contributed by atoms with van der Waals surface area (Å²) in [4.78, 5) is 2.63. The van der Waals surface area contributed by atoms with Crippen molar-refractivity contribution in [2.24, 2.45) is 0 Å². The lowest BCUT2D eigenvalue weighted by Gasteiger charge is -2.29. The molecule has 0 amide bonds. The van der Waals surface area contributed by atoms with Gasteiger partial charge in [-0.05, 0) is 44.8 Å². The van der Waals surface area contributed by atoms with Crippen LogP contribution in [0.3, 0.4) is 0 Å². The Morgan fingerprint density at radius 2 is 2.05 bits per heavy atom. The van der Waals surface area contributed by atoms with Crippen LogP contribution in [0.2, 0.25) is 0 Å². The lowest BCUT2D eigenvalue weighted by molar-refractivity contribution is 0.169. The molecule has 0 radical (unpaired) electrons. The SMILES string of the molecule is COCCCCN1CC(c2ccccc2)NCCC1C. The van der Waals surface area contributed by atoms with Gasteiger partial charge in [0.25, 0.3) is 0 Å². The van der Waals surface area contributed by atoms with E-state index in [2.05, 4.69) is 47.5 Å². The molecule has 1 aliphatic rings. The fourth-order valence-electron chi connectivity index (χ4n) is 2.91. The van der Waals surface area contributed by atoms with Crippen LogP contribution < -0.4 is 5.32 Å². The topological polar surface area (TPSA) is 24.5 Å². The first kappa shape index (κ1) is 15.5. The van der Waals surface area contributed by atoms with Crippen LogP contribution in [0.5, 0.6) is 0 Å². The molecule has 3 heteroatoms. The highest BCUT2D eigenvalue weighted by atomic mass is 16.5. The van der Waals surface area contributed by atoms with Crippen molar-refractivity contribution in [2.45, 2.75) is 38.3 Å². The Balaban J connectivity index is 1.92. The fourth-order valence-corrected chi connectivity index (χ4v) is 2.91. The summed E-state index contributed by atoms with van der Waals surface area (Å²) in [6, 6.07) is 11.9. The maximum Gasteiger partial charge on any atom is 0.0462 e. The molecule has 1 fully saturated rings. The van der Waals surface area contributed by atoms with Gasteiger partial charge >= 0.3 is 0 Å². The minimum atomic E-state index is 0.462. The number of nitrogens with one attached hydrogen (secondary N) is 1. The summed E-state index contributed by atoms with van der Waals surface area (Å²) in [5, 5.41) is 3.69. The highest BCUT2D eigenvalue weighted by Crippen LogP contribution is 2.20. The van der Waals surface area contributed by atoms with E-state index in [1.54, 1.807) is 7.11 Å². The highest BCUT2D eigenvalue weighted by Gasteiger charge is 2.23. The van der Waals surface area contributed by atoms with Crippen LogP contribution in [0.1, 0.15) is 37.8 Å². The van der Waals surface area contributed by atoms with E-state index < -0.39 is 0 Å². The number of benzene rings is 1. The van der Waals surface area contributed by atoms with Gasteiger partial charge in [-0.15, -0.1) is 0 Å². The van der Waals surface area contributed by atoms with E-state index in [-0.39, 0.29) is 0 Å². The number of methoxy groups -OCH3 is 1. The summed E-state index contributed by atoms with van der Waals surface area (Å²) < 4.78 is 5.14. The Morgan fingerprint density at radius 3 is 2.80 bits per heavy atom. The van der Waals surface area contributed by atoms with E-state index in [0.29, 0.717) is 12.1 Å². The van der Waals surface area contributed by atoms with Crippen molar-refractivity contribution in [2.75, 3.05) is 33.4 Å². The lowest BCUT2D eigenvalue weighted by atomic mass is 10.1. The first-order chi connectivity index (χ1) is 9.81. The Hall–Kier alpha value is -0.900. The average Bonchev–Trinajstić information content (AvgIpc) is 2.67. The van der Waals surface area contributed by atoms with Crippen molar-refractivity contribution in [1.29, 1.82) is 0 Å². The number of ether oxygens (including phenoxy) is 1. The number of unbranched alkanes of at least 4 members (excludes halogenated alkanes) is 1. The fraction of sp³-hybridized carbons (Fsp3) is 0.647. The molecule has 0 bridgehead atoms. The van der Waals surface area contributed by atoms with Crippen LogP contribution in [0, 0.1) is 0 Å². The van der Waals surface area contributed by atoms with Crippen molar-refractivity contribution in [3.8, 4) is 0 Å². The third kappa shape index (κ3) is 4.58. The third-order valence-electron chi connectivity index (χ3n) is 4.24. The van der Waals surface area contributed by atoms with Gasteiger partial charge in [-0.25, -0.2) is 0 Å². The van der Waals surface area contributed by atoms with Gasteiger partial charge in [-0.1, -0.05) is 30.3 Å². The Bertz CT molecular complexity index is 369. The molecule has 2 atom stereocenters. The van der Waals surface area contributed by atoms with E-state index >= 15 is 0 Å². The number of rotatable bonds is 6. The quantitative estimate of drug-likeness (QED) is 0.809. The Morgan fingerprint density at radius 1 is 1.25 bits per heavy atom. The van der Waals surface area contributed by atoms with E-state index in [9.17, 15) is 0 Å². The maximum atomic E-state index is 5.14. The normalized spacial score (nSPS) is 24.5. The molecule has 3 nitrogen and oxygen atoms in total. The average molecular weight is 276 g/mol. The summed E-state index contributed by atoms with van der Waals surface area (Å²) in [5.74, 6) is 0. The zero-order valence-corrected chi connectivity index (χ0v) is 12.8. The number of nitrogens with zero attached hydrogens (tertiary/aromatic N) is 1. The van der Waals surface area contributed by atoms with Crippen molar-refractivity contribution < 1.29 is 4.74 Å². The number of hydrogen-bond donors (Lipinski definition) is 1. The van der Waals surface area contributed by atoms with Crippen molar-refractivity contribution >= 4 is 0 Å². The molecule has 0 spiro atoms. The predicted octanol–water partition coefficient (Wildman–Crippen LogP) is 2.84. The zero-order valence-electron chi connectivity index (χ0n) is 12.8. The van der Waals surface area contributed by atoms with Gasteiger partial charge in [0.15, 0.2) is 0 Å². The second-order valence-corrected chi connectivity index (χ2v) is 5.75. The van der Waals surface area contributed by atoms with Crippen LogP contribution >= 0.6 is 0 Å². The summed E-state index contributed by atoms with van der Waals surface area (Å²) in [6.45, 7) is 6.62. The van der Waals surface area contributed by atoms with Gasteiger partial charge in [0.1, 0.15) is 0 Å². The molecule has 2 rings (SSSR count). The lowest BCUT2D eigenvalue weighted by Crippen LogP contribution is -2.36. The van der Waals surface area contributed by atoms with E-state index in [4.69, 9.17) is 4.74 Å². The monoisotopic (exact) mass is 276 g/mol. The minimum Gasteiger partial charge on any atom is -0.385 e. The Labute approximate surface area is 123 Å². The van der Waals surface area contributed by atoms with Crippen LogP contribution in [0.4, 0.5) is 0 Å². The summed E-state index contributed by atoms with van der Waals surface area (Å²) in [6.07, 6.45) is 3.61. The summed E-state index contributed by atoms with van der Waals surface area (Å²) in [5.41, 5.74) is 1.41. The molecule has 1 N–H and O–H groups in total. The third-order valence-corrected chi connectivity index (χ3v) is 4.24. The second-order valence-electron chi connectivity index (χ2n) is 5.75. The van der Waals surface area contributed by atoms with Gasteiger partial charge in [-0.2, -0.15) is 0 Å². The first-order valence-electron chi connectivity index (χ1n) is 7.82. The molecule has 0 aromatic heterocycles. The first-order valence-corrected chi connectivity index (χ1v) is 7.82. The zero-order chi connectivity index (χ0) is 14.2. The molecular weight excluding hydrogens is 248 g/mol. The van der Waals surface area contributed by atoms with Crippen LogP contribution in [0.15, 0.2) is 30.3 Å². The molecule has 0 saturated carbocycles. The van der Waals surface area contributed by atoms with Crippen molar-refractivity contribution in [3.63, 3.8) is 0 Å². The molecule has 2 unspecified atom stereocenters. The molecule has 1 aromatic rings. The van der Waals surface area contributed by atoms with Crippen molar-refractivity contribution in [3.05, 3.63) is 35.9 Å². The Kier molecular flexibility index (Phi) is 6.51. The van der Waals surface area contributed by atoms with Crippen molar-refractivity contribution in [1.82, 2.24) is 10.2 Å². The van der Waals surface area contributed by atoms with E-state index in [1.807, 2.05) is 0 Å². The minimum absolute atomic E-state index is 0.462. The van der Waals surface area contributed by atoms with Gasteiger partial charge < -0.3 is 10.1 Å². The van der Waals surface area contributed by atoms with Crippen LogP contribution in [-0.4, -0.2) is 44.3 Å². The standard InChI is InChI=1S/C17H28N2O/c1-15-10-11-18-17(16-8-4-3-5-9-16)14-19(15)12-6-7-13-20-2/h3-5,8-9,15,17-18H,6-7,10-14H2,1-2H3. The largest absolute Gasteiger partial charge is 0.385 e. The van der Waals surface area contributed by atoms with E-state index in [0.717, 1.165) is 26.1 Å². The smallest absolute Gasteiger partial charge is 0.0462 e. The molecule has 1 saturated heterocycles. The molecule has 1 aliphatic heterocycles. The van der Waals surface area contributed by atoms with E-state index in [1.165, 1.54) is 24.9 Å². The summed E-state index contributed by atoms with van der Waals surface area (Å²) >= 11 is 0. The predicted molar refractivity (Wildman–Crippen MR) is 83.9 cm³/mol. The maximum absolute atomic E-state index is 5.14. The molecule has 1 heterocycles. The molecule has 1 aromatic carbocycles. The van der Waals surface area contributed by atoms with Crippen LogP contribution in [-0.2, 0) is 4.74 Å². The van der Waals surface area contributed by atoms with Gasteiger partial charge in [0, 0.05) is 32.3 Å². The van der Waals surface area contributed by atoms with Gasteiger partial charge in [0.2, 0.25) is 0 Å². The molecule has 20 heavy (non-hydrogen) atoms. The number of hydrogen-bond acceptors (Lipinski definition) is 3.